The Labute approximate surface area is 215 Å². The molecule has 1 aliphatic heterocycles. The van der Waals surface area contributed by atoms with Gasteiger partial charge in [-0.05, 0) is 70.6 Å². The minimum atomic E-state index is -1.12. The Morgan fingerprint density at radius 1 is 1.06 bits per heavy atom. The van der Waals surface area contributed by atoms with E-state index < -0.39 is 5.60 Å². The van der Waals surface area contributed by atoms with Gasteiger partial charge in [-0.15, -0.1) is 24.0 Å². The molecule has 1 aromatic heterocycles. The minimum absolute atomic E-state index is 0. The van der Waals surface area contributed by atoms with Crippen molar-refractivity contribution in [3.05, 3.63) is 59.0 Å². The molecule has 3 N–H and O–H groups in total. The lowest BCUT2D eigenvalue weighted by molar-refractivity contribution is 0.0378. The Morgan fingerprint density at radius 2 is 1.79 bits per heavy atom. The molecule has 2 heterocycles. The summed E-state index contributed by atoms with van der Waals surface area (Å²) in [6.45, 7) is 12.9. The Bertz CT molecular complexity index is 866. The van der Waals surface area contributed by atoms with E-state index in [0.717, 1.165) is 44.0 Å². The number of nitrogens with one attached hydrogen (secondary N) is 2. The number of guanidine groups is 1. The van der Waals surface area contributed by atoms with Gasteiger partial charge in [-0.3, -0.25) is 4.90 Å². The van der Waals surface area contributed by atoms with Crippen LogP contribution in [0.15, 0.2) is 45.8 Å². The molecule has 1 atom stereocenters. The summed E-state index contributed by atoms with van der Waals surface area (Å²) >= 11 is 0. The van der Waals surface area contributed by atoms with E-state index in [2.05, 4.69) is 56.7 Å². The lowest BCUT2D eigenvalue weighted by Gasteiger charge is -2.23. The number of hydrogen-bond acceptors (Lipinski definition) is 5. The van der Waals surface area contributed by atoms with Gasteiger partial charge in [0.15, 0.2) is 5.96 Å². The van der Waals surface area contributed by atoms with Crippen LogP contribution in [0.5, 0.6) is 0 Å². The molecule has 0 bridgehead atoms. The van der Waals surface area contributed by atoms with Gasteiger partial charge in [-0.1, -0.05) is 24.3 Å². The van der Waals surface area contributed by atoms with Crippen LogP contribution in [0.3, 0.4) is 0 Å². The molecule has 1 unspecified atom stereocenters. The number of furan rings is 1. The van der Waals surface area contributed by atoms with Gasteiger partial charge in [-0.25, -0.2) is 4.99 Å². The lowest BCUT2D eigenvalue weighted by Crippen LogP contribution is -2.44. The molecule has 0 spiro atoms. The van der Waals surface area contributed by atoms with Crippen LogP contribution in [0.25, 0.3) is 0 Å². The first-order valence-corrected chi connectivity index (χ1v) is 11.7. The van der Waals surface area contributed by atoms with Crippen LogP contribution in [0.4, 0.5) is 0 Å². The third kappa shape index (κ3) is 8.92. The highest BCUT2D eigenvalue weighted by molar-refractivity contribution is 14.0. The standard InChI is InChI=1S/C25H39N5O2.HI/c1-5-26-24(28-19-25(3,31)23-12-7-20(2)32-23)27-17-21-8-10-22(11-9-21)18-30-14-6-13-29(4)15-16-30;/h7-12,31H,5-6,13-19H2,1-4H3,(H2,26,27,28);1H. The highest BCUT2D eigenvalue weighted by Gasteiger charge is 2.27. The molecule has 0 aliphatic carbocycles. The molecular weight excluding hydrogens is 529 g/mol. The first kappa shape index (κ1) is 27.6. The van der Waals surface area contributed by atoms with Crippen molar-refractivity contribution >= 4 is 29.9 Å². The molecule has 1 aliphatic rings. The molecule has 7 nitrogen and oxygen atoms in total. The zero-order valence-electron chi connectivity index (χ0n) is 20.4. The number of likely N-dealkylation sites (N-methyl/N-ethyl adjacent to an activating group) is 1. The first-order valence-electron chi connectivity index (χ1n) is 11.7. The molecular formula is C25H40IN5O2. The number of halogens is 1. The van der Waals surface area contributed by atoms with E-state index in [0.29, 0.717) is 24.8 Å². The van der Waals surface area contributed by atoms with Gasteiger partial charge in [0.1, 0.15) is 17.1 Å². The van der Waals surface area contributed by atoms with Crippen molar-refractivity contribution in [3.8, 4) is 0 Å². The van der Waals surface area contributed by atoms with E-state index in [4.69, 9.17) is 4.42 Å². The monoisotopic (exact) mass is 569 g/mol. The van der Waals surface area contributed by atoms with Crippen molar-refractivity contribution in [2.45, 2.75) is 45.9 Å². The molecule has 33 heavy (non-hydrogen) atoms. The maximum atomic E-state index is 10.8. The fourth-order valence-corrected chi connectivity index (χ4v) is 3.85. The van der Waals surface area contributed by atoms with Gasteiger partial charge in [-0.2, -0.15) is 0 Å². The van der Waals surface area contributed by atoms with Crippen molar-refractivity contribution in [2.75, 3.05) is 46.3 Å². The summed E-state index contributed by atoms with van der Waals surface area (Å²) in [4.78, 5) is 9.64. The maximum Gasteiger partial charge on any atom is 0.191 e. The SMILES string of the molecule is CCNC(=NCc1ccc(CN2CCCN(C)CC2)cc1)NCC(C)(O)c1ccc(C)o1.I. The number of hydrogen-bond donors (Lipinski definition) is 3. The molecule has 1 saturated heterocycles. The topological polar surface area (TPSA) is 76.3 Å². The van der Waals surface area contributed by atoms with Crippen LogP contribution in [0.1, 0.15) is 42.9 Å². The average molecular weight is 570 g/mol. The average Bonchev–Trinajstić information content (AvgIpc) is 3.12. The summed E-state index contributed by atoms with van der Waals surface area (Å²) in [6.07, 6.45) is 1.23. The van der Waals surface area contributed by atoms with E-state index in [1.165, 1.54) is 18.5 Å². The third-order valence-corrected chi connectivity index (χ3v) is 5.88. The molecule has 0 saturated carbocycles. The molecule has 3 rings (SSSR count). The second-order valence-electron chi connectivity index (χ2n) is 8.98. The molecule has 184 valence electrons. The zero-order chi connectivity index (χ0) is 23.0. The van der Waals surface area contributed by atoms with Crippen LogP contribution >= 0.6 is 24.0 Å². The summed E-state index contributed by atoms with van der Waals surface area (Å²) in [5, 5.41) is 17.2. The first-order chi connectivity index (χ1) is 15.4. The number of rotatable bonds is 8. The number of aliphatic imine (C=N–C) groups is 1. The summed E-state index contributed by atoms with van der Waals surface area (Å²) < 4.78 is 5.59. The van der Waals surface area contributed by atoms with Crippen molar-refractivity contribution in [2.24, 2.45) is 4.99 Å². The summed E-state index contributed by atoms with van der Waals surface area (Å²) in [5.41, 5.74) is 1.39. The van der Waals surface area contributed by atoms with Crippen LogP contribution in [-0.4, -0.2) is 67.2 Å². The normalized spacial score (nSPS) is 17.7. The maximum absolute atomic E-state index is 10.8. The lowest BCUT2D eigenvalue weighted by atomic mass is 10.0. The third-order valence-electron chi connectivity index (χ3n) is 5.88. The van der Waals surface area contributed by atoms with E-state index in [-0.39, 0.29) is 24.0 Å². The van der Waals surface area contributed by atoms with Gasteiger partial charge >= 0.3 is 0 Å². The summed E-state index contributed by atoms with van der Waals surface area (Å²) in [7, 11) is 2.20. The number of nitrogens with zero attached hydrogens (tertiary/aromatic N) is 3. The van der Waals surface area contributed by atoms with Gasteiger partial charge in [0.25, 0.3) is 0 Å². The van der Waals surface area contributed by atoms with Gasteiger partial charge < -0.3 is 25.1 Å². The Hall–Kier alpha value is -1.62. The van der Waals surface area contributed by atoms with Crippen LogP contribution < -0.4 is 10.6 Å². The van der Waals surface area contributed by atoms with Crippen molar-refractivity contribution in [1.29, 1.82) is 0 Å². The van der Waals surface area contributed by atoms with Crippen LogP contribution in [0, 0.1) is 6.92 Å². The predicted octanol–water partition coefficient (Wildman–Crippen LogP) is 3.31. The Kier molecular flexibility index (Phi) is 11.1. The summed E-state index contributed by atoms with van der Waals surface area (Å²) in [5.74, 6) is 2.01. The second kappa shape index (κ2) is 13.3. The molecule has 0 radical (unpaired) electrons. The van der Waals surface area contributed by atoms with Gasteiger partial charge in [0.2, 0.25) is 0 Å². The van der Waals surface area contributed by atoms with Crippen molar-refractivity contribution < 1.29 is 9.52 Å². The fraction of sp³-hybridized carbons (Fsp3) is 0.560. The molecule has 2 aromatic rings. The van der Waals surface area contributed by atoms with Crippen molar-refractivity contribution in [3.63, 3.8) is 0 Å². The van der Waals surface area contributed by atoms with E-state index in [1.54, 1.807) is 6.92 Å². The fourth-order valence-electron chi connectivity index (χ4n) is 3.85. The second-order valence-corrected chi connectivity index (χ2v) is 8.98. The van der Waals surface area contributed by atoms with Crippen molar-refractivity contribution in [1.82, 2.24) is 20.4 Å². The molecule has 1 fully saturated rings. The quantitative estimate of drug-likeness (QED) is 0.258. The number of aliphatic hydroxyl groups is 1. The van der Waals surface area contributed by atoms with Crippen LogP contribution in [0.2, 0.25) is 0 Å². The molecule has 0 amide bonds. The molecule has 8 heteroatoms. The van der Waals surface area contributed by atoms with E-state index in [9.17, 15) is 5.11 Å². The van der Waals surface area contributed by atoms with Crippen LogP contribution in [-0.2, 0) is 18.7 Å². The molecule has 1 aromatic carbocycles. The predicted molar refractivity (Wildman–Crippen MR) is 145 cm³/mol. The highest BCUT2D eigenvalue weighted by Crippen LogP contribution is 2.21. The minimum Gasteiger partial charge on any atom is -0.463 e. The summed E-state index contributed by atoms with van der Waals surface area (Å²) in [6, 6.07) is 12.4. The number of aryl methyl sites for hydroxylation is 1. The van der Waals surface area contributed by atoms with Gasteiger partial charge in [0.05, 0.1) is 13.1 Å². The Balaban J connectivity index is 0.00000385. The van der Waals surface area contributed by atoms with Gasteiger partial charge in [0, 0.05) is 26.2 Å². The highest BCUT2D eigenvalue weighted by atomic mass is 127. The Morgan fingerprint density at radius 3 is 2.45 bits per heavy atom. The zero-order valence-corrected chi connectivity index (χ0v) is 22.8. The van der Waals surface area contributed by atoms with E-state index >= 15 is 0 Å². The smallest absolute Gasteiger partial charge is 0.191 e. The largest absolute Gasteiger partial charge is 0.463 e. The van der Waals surface area contributed by atoms with E-state index in [1.807, 2.05) is 26.0 Å². The number of benzene rings is 1.